The van der Waals surface area contributed by atoms with Crippen molar-refractivity contribution in [2.75, 3.05) is 20.8 Å². The molecule has 4 aliphatic rings. The average molecular weight is 435 g/mol. The van der Waals surface area contributed by atoms with E-state index in [1.54, 1.807) is 7.11 Å². The molecule has 0 saturated heterocycles. The molecule has 0 radical (unpaired) electrons. The highest BCUT2D eigenvalue weighted by molar-refractivity contribution is 5.69. The smallest absolute Gasteiger partial charge is 0.305 e. The summed E-state index contributed by atoms with van der Waals surface area (Å²) in [5.74, 6) is 4.43. The van der Waals surface area contributed by atoms with Gasteiger partial charge in [0.05, 0.1) is 19.3 Å². The highest BCUT2D eigenvalue weighted by Gasteiger charge is 2.61. The molecule has 0 aromatic rings. The van der Waals surface area contributed by atoms with Gasteiger partial charge in [0.25, 0.3) is 0 Å². The van der Waals surface area contributed by atoms with Gasteiger partial charge in [0.2, 0.25) is 0 Å². The Labute approximate surface area is 189 Å². The third kappa shape index (κ3) is 3.98. The van der Waals surface area contributed by atoms with Gasteiger partial charge in [-0.05, 0) is 111 Å². The number of rotatable bonds is 6. The summed E-state index contributed by atoms with van der Waals surface area (Å²) >= 11 is 0. The molecule has 9 atom stereocenters. The van der Waals surface area contributed by atoms with Crippen molar-refractivity contribution in [1.29, 1.82) is 0 Å². The third-order valence-corrected chi connectivity index (χ3v) is 11.0. The second-order valence-corrected chi connectivity index (χ2v) is 12.3. The van der Waals surface area contributed by atoms with E-state index in [2.05, 4.69) is 20.8 Å². The van der Waals surface area contributed by atoms with E-state index < -0.39 is 5.60 Å². The van der Waals surface area contributed by atoms with Gasteiger partial charge in [0, 0.05) is 13.5 Å². The van der Waals surface area contributed by atoms with E-state index >= 15 is 0 Å². The SMILES string of the molecule is COC[C@]1(O)CC[C@]2(C)C3CCC4(C)C(CC[C@@H]4[C@H](C)CCC(=O)OC)C3CC[C@H]2C1. The molecule has 4 rings (SSSR count). The minimum Gasteiger partial charge on any atom is -0.469 e. The predicted molar refractivity (Wildman–Crippen MR) is 122 cm³/mol. The van der Waals surface area contributed by atoms with E-state index in [-0.39, 0.29) is 5.97 Å². The van der Waals surface area contributed by atoms with Crippen LogP contribution in [0.3, 0.4) is 0 Å². The maximum absolute atomic E-state index is 11.7. The molecule has 4 fully saturated rings. The first-order chi connectivity index (χ1) is 14.7. The van der Waals surface area contributed by atoms with Crippen LogP contribution in [0.1, 0.15) is 91.4 Å². The van der Waals surface area contributed by atoms with Crippen LogP contribution in [-0.4, -0.2) is 37.5 Å². The molecular weight excluding hydrogens is 388 g/mol. The zero-order valence-electron chi connectivity index (χ0n) is 20.6. The highest BCUT2D eigenvalue weighted by Crippen LogP contribution is 2.68. The fourth-order valence-electron chi connectivity index (χ4n) is 9.35. The van der Waals surface area contributed by atoms with E-state index in [0.717, 1.165) is 49.4 Å². The lowest BCUT2D eigenvalue weighted by Crippen LogP contribution is -2.56. The van der Waals surface area contributed by atoms with Crippen molar-refractivity contribution in [1.82, 2.24) is 0 Å². The van der Waals surface area contributed by atoms with Gasteiger partial charge >= 0.3 is 5.97 Å². The second-order valence-electron chi connectivity index (χ2n) is 12.3. The van der Waals surface area contributed by atoms with Gasteiger partial charge in [-0.25, -0.2) is 0 Å². The predicted octanol–water partition coefficient (Wildman–Crippen LogP) is 5.61. The summed E-state index contributed by atoms with van der Waals surface area (Å²) in [5, 5.41) is 11.1. The Hall–Kier alpha value is -0.610. The molecular formula is C27H46O4. The van der Waals surface area contributed by atoms with Crippen LogP contribution < -0.4 is 0 Å². The number of carbonyl (C=O) groups is 1. The van der Waals surface area contributed by atoms with Gasteiger partial charge in [0.15, 0.2) is 0 Å². The summed E-state index contributed by atoms with van der Waals surface area (Å²) in [7, 11) is 3.22. The van der Waals surface area contributed by atoms with Crippen LogP contribution >= 0.6 is 0 Å². The zero-order chi connectivity index (χ0) is 22.4. The summed E-state index contributed by atoms with van der Waals surface area (Å²) in [6, 6.07) is 0. The number of methoxy groups -OCH3 is 2. The summed E-state index contributed by atoms with van der Waals surface area (Å²) in [4.78, 5) is 11.7. The Morgan fingerprint density at radius 3 is 2.45 bits per heavy atom. The van der Waals surface area contributed by atoms with Crippen molar-refractivity contribution in [3.8, 4) is 0 Å². The van der Waals surface area contributed by atoms with Crippen LogP contribution in [-0.2, 0) is 14.3 Å². The van der Waals surface area contributed by atoms with E-state index in [1.807, 2.05) is 0 Å². The van der Waals surface area contributed by atoms with Gasteiger partial charge in [-0.15, -0.1) is 0 Å². The minimum atomic E-state index is -0.609. The van der Waals surface area contributed by atoms with Gasteiger partial charge in [0.1, 0.15) is 0 Å². The first-order valence-electron chi connectivity index (χ1n) is 12.9. The molecule has 0 bridgehead atoms. The number of ether oxygens (including phenoxy) is 2. The highest BCUT2D eigenvalue weighted by atomic mass is 16.5. The number of fused-ring (bicyclic) bond motifs is 5. The van der Waals surface area contributed by atoms with E-state index in [1.165, 1.54) is 45.6 Å². The topological polar surface area (TPSA) is 55.8 Å². The second kappa shape index (κ2) is 8.63. The van der Waals surface area contributed by atoms with Crippen LogP contribution in [0.25, 0.3) is 0 Å². The van der Waals surface area contributed by atoms with Crippen molar-refractivity contribution in [2.45, 2.75) is 97.0 Å². The van der Waals surface area contributed by atoms with Crippen molar-refractivity contribution in [2.24, 2.45) is 46.3 Å². The molecule has 0 aromatic heterocycles. The summed E-state index contributed by atoms with van der Waals surface area (Å²) in [6.07, 6.45) is 12.5. The lowest BCUT2D eigenvalue weighted by atomic mass is 9.43. The Kier molecular flexibility index (Phi) is 6.55. The maximum atomic E-state index is 11.7. The molecule has 31 heavy (non-hydrogen) atoms. The van der Waals surface area contributed by atoms with E-state index in [0.29, 0.717) is 35.7 Å². The van der Waals surface area contributed by atoms with Gasteiger partial charge in [-0.2, -0.15) is 0 Å². The van der Waals surface area contributed by atoms with Crippen LogP contribution in [0.4, 0.5) is 0 Å². The molecule has 0 amide bonds. The van der Waals surface area contributed by atoms with Crippen LogP contribution in [0.5, 0.6) is 0 Å². The largest absolute Gasteiger partial charge is 0.469 e. The summed E-state index contributed by atoms with van der Waals surface area (Å²) in [5.41, 5.74) is 0.215. The maximum Gasteiger partial charge on any atom is 0.305 e. The van der Waals surface area contributed by atoms with Crippen molar-refractivity contribution in [3.05, 3.63) is 0 Å². The normalized spacial score (nSPS) is 47.7. The average Bonchev–Trinajstić information content (AvgIpc) is 3.10. The molecule has 0 spiro atoms. The first-order valence-corrected chi connectivity index (χ1v) is 12.9. The lowest BCUT2D eigenvalue weighted by Gasteiger charge is -2.62. The Bertz CT molecular complexity index is 664. The number of carbonyl (C=O) groups excluding carboxylic acids is 1. The Morgan fingerprint density at radius 2 is 1.74 bits per heavy atom. The minimum absolute atomic E-state index is 0.0627. The molecule has 4 unspecified atom stereocenters. The third-order valence-electron chi connectivity index (χ3n) is 11.0. The molecule has 4 aliphatic carbocycles. The first kappa shape index (κ1) is 23.5. The van der Waals surface area contributed by atoms with E-state index in [4.69, 9.17) is 9.47 Å². The van der Waals surface area contributed by atoms with E-state index in [9.17, 15) is 9.90 Å². The number of hydrogen-bond donors (Lipinski definition) is 1. The van der Waals surface area contributed by atoms with Crippen LogP contribution in [0.15, 0.2) is 0 Å². The molecule has 178 valence electrons. The number of hydrogen-bond acceptors (Lipinski definition) is 4. The van der Waals surface area contributed by atoms with Gasteiger partial charge in [-0.3, -0.25) is 4.79 Å². The zero-order valence-corrected chi connectivity index (χ0v) is 20.6. The quantitative estimate of drug-likeness (QED) is 0.552. The van der Waals surface area contributed by atoms with Crippen molar-refractivity contribution < 1.29 is 19.4 Å². The number of aliphatic hydroxyl groups is 1. The van der Waals surface area contributed by atoms with Crippen LogP contribution in [0, 0.1) is 46.3 Å². The monoisotopic (exact) mass is 434 g/mol. The number of esters is 1. The van der Waals surface area contributed by atoms with Gasteiger partial charge in [-0.1, -0.05) is 20.8 Å². The molecule has 0 aliphatic heterocycles. The fraction of sp³-hybridized carbons (Fsp3) is 0.963. The Morgan fingerprint density at radius 1 is 1.00 bits per heavy atom. The molecule has 4 heteroatoms. The molecule has 4 saturated carbocycles. The summed E-state index contributed by atoms with van der Waals surface area (Å²) in [6.45, 7) is 8.02. The molecule has 4 nitrogen and oxygen atoms in total. The fourth-order valence-corrected chi connectivity index (χ4v) is 9.35. The van der Waals surface area contributed by atoms with Crippen molar-refractivity contribution >= 4 is 5.97 Å². The molecule has 1 N–H and O–H groups in total. The molecule has 0 aromatic carbocycles. The summed E-state index contributed by atoms with van der Waals surface area (Å²) < 4.78 is 10.3. The van der Waals surface area contributed by atoms with Crippen molar-refractivity contribution in [3.63, 3.8) is 0 Å². The van der Waals surface area contributed by atoms with Gasteiger partial charge < -0.3 is 14.6 Å². The van der Waals surface area contributed by atoms with Crippen LogP contribution in [0.2, 0.25) is 0 Å². The standard InChI is InChI=1S/C27H46O4/c1-18(6-11-24(28)31-5)21-9-10-22-20-8-7-19-16-27(29,17-30-4)15-14-25(19,2)23(20)12-13-26(21,22)3/h18-23,29H,6-17H2,1-5H3/t18-,19+,20?,21-,22?,23?,25+,26?,27+/m1/s1. The molecule has 0 heterocycles. The Balaban J connectivity index is 1.47. The lowest BCUT2D eigenvalue weighted by molar-refractivity contribution is -0.163.